The van der Waals surface area contributed by atoms with Crippen molar-refractivity contribution in [1.82, 2.24) is 15.1 Å². The SMILES string of the molecule is CCC[C@]1(C2CCN(C(=O)Cc3cccc4ccccc34)CC2)NC(=O)N(C[C@@H]2CCCO2)C1=O. The number of hydrogen-bond acceptors (Lipinski definition) is 4. The summed E-state index contributed by atoms with van der Waals surface area (Å²) < 4.78 is 5.68. The zero-order valence-corrected chi connectivity index (χ0v) is 20.5. The maximum absolute atomic E-state index is 13.6. The molecule has 2 atom stereocenters. The van der Waals surface area contributed by atoms with E-state index in [4.69, 9.17) is 4.74 Å². The molecule has 0 aliphatic carbocycles. The predicted molar refractivity (Wildman–Crippen MR) is 134 cm³/mol. The highest BCUT2D eigenvalue weighted by Crippen LogP contribution is 2.37. The van der Waals surface area contributed by atoms with Crippen molar-refractivity contribution in [3.05, 3.63) is 48.0 Å². The van der Waals surface area contributed by atoms with Crippen LogP contribution in [0.2, 0.25) is 0 Å². The van der Waals surface area contributed by atoms with Crippen LogP contribution in [0.3, 0.4) is 0 Å². The molecule has 0 unspecified atom stereocenters. The maximum Gasteiger partial charge on any atom is 0.325 e. The summed E-state index contributed by atoms with van der Waals surface area (Å²) in [5.41, 5.74) is 0.176. The van der Waals surface area contributed by atoms with Gasteiger partial charge in [-0.1, -0.05) is 55.8 Å². The lowest BCUT2D eigenvalue weighted by Gasteiger charge is -2.41. The summed E-state index contributed by atoms with van der Waals surface area (Å²) in [5.74, 6) is 0.0292. The van der Waals surface area contributed by atoms with Crippen molar-refractivity contribution in [3.63, 3.8) is 0 Å². The van der Waals surface area contributed by atoms with Gasteiger partial charge < -0.3 is 15.0 Å². The third-order valence-electron chi connectivity index (χ3n) is 8.02. The first-order valence-corrected chi connectivity index (χ1v) is 13.0. The van der Waals surface area contributed by atoms with Crippen LogP contribution in [-0.4, -0.2) is 65.5 Å². The Labute approximate surface area is 206 Å². The second-order valence-corrected chi connectivity index (χ2v) is 10.2. The first-order chi connectivity index (χ1) is 17.0. The third kappa shape index (κ3) is 4.54. The van der Waals surface area contributed by atoms with Crippen molar-refractivity contribution in [2.75, 3.05) is 26.2 Å². The molecule has 35 heavy (non-hydrogen) atoms. The normalized spacial score (nSPS) is 25.5. The van der Waals surface area contributed by atoms with Crippen LogP contribution in [0.4, 0.5) is 4.79 Å². The number of carbonyl (C=O) groups excluding carboxylic acids is 3. The van der Waals surface area contributed by atoms with E-state index in [1.807, 2.05) is 36.1 Å². The quantitative estimate of drug-likeness (QED) is 0.614. The van der Waals surface area contributed by atoms with E-state index in [9.17, 15) is 14.4 Å². The summed E-state index contributed by atoms with van der Waals surface area (Å²) >= 11 is 0. The van der Waals surface area contributed by atoms with Crippen molar-refractivity contribution in [2.45, 2.75) is 63.5 Å². The van der Waals surface area contributed by atoms with Crippen LogP contribution < -0.4 is 5.32 Å². The Bertz CT molecular complexity index is 1100. The molecule has 2 aromatic rings. The first kappa shape index (κ1) is 23.8. The maximum atomic E-state index is 13.6. The number of nitrogens with zero attached hydrogens (tertiary/aromatic N) is 2. The van der Waals surface area contributed by atoms with Crippen molar-refractivity contribution in [3.8, 4) is 0 Å². The van der Waals surface area contributed by atoms with Crippen molar-refractivity contribution >= 4 is 28.6 Å². The van der Waals surface area contributed by atoms with E-state index in [1.165, 1.54) is 4.90 Å². The fourth-order valence-electron chi connectivity index (χ4n) is 6.19. The van der Waals surface area contributed by atoms with Crippen LogP contribution >= 0.6 is 0 Å². The molecule has 1 N–H and O–H groups in total. The van der Waals surface area contributed by atoms with E-state index in [1.54, 1.807) is 0 Å². The van der Waals surface area contributed by atoms with Crippen LogP contribution in [-0.2, 0) is 20.7 Å². The van der Waals surface area contributed by atoms with Gasteiger partial charge >= 0.3 is 6.03 Å². The minimum atomic E-state index is -0.866. The average molecular weight is 478 g/mol. The lowest BCUT2D eigenvalue weighted by molar-refractivity contribution is -0.136. The van der Waals surface area contributed by atoms with Crippen LogP contribution in [0, 0.1) is 5.92 Å². The molecule has 3 aliphatic rings. The summed E-state index contributed by atoms with van der Waals surface area (Å²) in [6.45, 7) is 4.29. The number of urea groups is 1. The zero-order valence-electron chi connectivity index (χ0n) is 20.5. The molecule has 0 radical (unpaired) electrons. The number of hydrogen-bond donors (Lipinski definition) is 1. The van der Waals surface area contributed by atoms with Crippen molar-refractivity contribution in [1.29, 1.82) is 0 Å². The van der Waals surface area contributed by atoms with Crippen molar-refractivity contribution in [2.24, 2.45) is 5.92 Å². The highest BCUT2D eigenvalue weighted by molar-refractivity contribution is 6.07. The first-order valence-electron chi connectivity index (χ1n) is 13.0. The second-order valence-electron chi connectivity index (χ2n) is 10.2. The number of carbonyl (C=O) groups is 3. The van der Waals surface area contributed by atoms with Gasteiger partial charge in [0.1, 0.15) is 5.54 Å². The number of benzene rings is 2. The van der Waals surface area contributed by atoms with Gasteiger partial charge in [0.2, 0.25) is 5.91 Å². The highest BCUT2D eigenvalue weighted by Gasteiger charge is 2.55. The highest BCUT2D eigenvalue weighted by atomic mass is 16.5. The van der Waals surface area contributed by atoms with E-state index >= 15 is 0 Å². The molecule has 4 amide bonds. The standard InChI is InChI=1S/C28H35N3O4/c1-2-14-28(26(33)31(27(34)29-28)19-23-10-6-17-35-23)22-12-15-30(16-13-22)25(32)18-21-9-5-8-20-7-3-4-11-24(20)21/h3-5,7-9,11,22-23H,2,6,10,12-19H2,1H3,(H,29,34)/t23-,28+/m0/s1. The van der Waals surface area contributed by atoms with Gasteiger partial charge in [0, 0.05) is 19.7 Å². The molecule has 0 spiro atoms. The second kappa shape index (κ2) is 9.97. The number of amides is 4. The molecule has 3 heterocycles. The van der Waals surface area contributed by atoms with E-state index in [2.05, 4.69) is 23.5 Å². The third-order valence-corrected chi connectivity index (χ3v) is 8.02. The van der Waals surface area contributed by atoms with Crippen LogP contribution in [0.1, 0.15) is 51.0 Å². The summed E-state index contributed by atoms with van der Waals surface area (Å²) in [6.07, 6.45) is 5.01. The molecule has 0 saturated carbocycles. The average Bonchev–Trinajstić information content (AvgIpc) is 3.48. The largest absolute Gasteiger partial charge is 0.376 e. The Hall–Kier alpha value is -2.93. The smallest absolute Gasteiger partial charge is 0.325 e. The lowest BCUT2D eigenvalue weighted by Crippen LogP contribution is -2.56. The number of rotatable bonds is 7. The van der Waals surface area contributed by atoms with E-state index < -0.39 is 5.54 Å². The number of ether oxygens (including phenoxy) is 1. The molecule has 186 valence electrons. The molecular weight excluding hydrogens is 442 g/mol. The van der Waals surface area contributed by atoms with Crippen LogP contribution in [0.25, 0.3) is 10.8 Å². The van der Waals surface area contributed by atoms with Gasteiger partial charge in [-0.2, -0.15) is 0 Å². The van der Waals surface area contributed by atoms with Gasteiger partial charge in [0.05, 0.1) is 19.1 Å². The van der Waals surface area contributed by atoms with Gasteiger partial charge in [-0.05, 0) is 54.4 Å². The van der Waals surface area contributed by atoms with E-state index in [0.29, 0.717) is 51.9 Å². The molecule has 7 heteroatoms. The molecule has 3 aliphatic heterocycles. The van der Waals surface area contributed by atoms with Crippen LogP contribution in [0.5, 0.6) is 0 Å². The monoisotopic (exact) mass is 477 g/mol. The van der Waals surface area contributed by atoms with Crippen molar-refractivity contribution < 1.29 is 19.1 Å². The topological polar surface area (TPSA) is 79.0 Å². The summed E-state index contributed by atoms with van der Waals surface area (Å²) in [7, 11) is 0. The lowest BCUT2D eigenvalue weighted by atomic mass is 9.74. The molecule has 3 fully saturated rings. The molecule has 2 aromatic carbocycles. The number of likely N-dealkylation sites (tertiary alicyclic amines) is 1. The van der Waals surface area contributed by atoms with Gasteiger partial charge in [0.25, 0.3) is 5.91 Å². The molecule has 5 rings (SSSR count). The number of imide groups is 1. The van der Waals surface area contributed by atoms with E-state index in [0.717, 1.165) is 35.6 Å². The fourth-order valence-corrected chi connectivity index (χ4v) is 6.19. The molecule has 0 aromatic heterocycles. The molecule has 7 nitrogen and oxygen atoms in total. The predicted octanol–water partition coefficient (Wildman–Crippen LogP) is 3.89. The Morgan fingerprint density at radius 3 is 2.60 bits per heavy atom. The zero-order chi connectivity index (χ0) is 24.4. The molecule has 3 saturated heterocycles. The number of fused-ring (bicyclic) bond motifs is 1. The molecular formula is C28H35N3O4. The van der Waals surface area contributed by atoms with Gasteiger partial charge in [-0.15, -0.1) is 0 Å². The summed E-state index contributed by atoms with van der Waals surface area (Å²) in [5, 5.41) is 5.35. The van der Waals surface area contributed by atoms with Gasteiger partial charge in [-0.25, -0.2) is 4.79 Å². The molecule has 0 bridgehead atoms. The Morgan fingerprint density at radius 2 is 1.86 bits per heavy atom. The number of piperidine rings is 1. The van der Waals surface area contributed by atoms with E-state index in [-0.39, 0.29) is 29.9 Å². The van der Waals surface area contributed by atoms with Gasteiger partial charge in [-0.3, -0.25) is 14.5 Å². The fraction of sp³-hybridized carbons (Fsp3) is 0.536. The minimum Gasteiger partial charge on any atom is -0.376 e. The Balaban J connectivity index is 1.25. The Morgan fingerprint density at radius 1 is 1.09 bits per heavy atom. The summed E-state index contributed by atoms with van der Waals surface area (Å²) in [4.78, 5) is 42.9. The number of nitrogens with one attached hydrogen (secondary N) is 1. The Kier molecular flexibility index (Phi) is 6.78. The minimum absolute atomic E-state index is 0.0231. The van der Waals surface area contributed by atoms with Gasteiger partial charge in [0.15, 0.2) is 0 Å². The summed E-state index contributed by atoms with van der Waals surface area (Å²) in [6, 6.07) is 13.9. The van der Waals surface area contributed by atoms with Crippen LogP contribution in [0.15, 0.2) is 42.5 Å².